The van der Waals surface area contributed by atoms with Gasteiger partial charge in [-0.05, 0) is 31.4 Å². The lowest BCUT2D eigenvalue weighted by molar-refractivity contribution is -0.138. The van der Waals surface area contributed by atoms with Gasteiger partial charge in [0.15, 0.2) is 0 Å². The number of benzene rings is 1. The van der Waals surface area contributed by atoms with E-state index >= 15 is 0 Å². The molecule has 27 heavy (non-hydrogen) atoms. The molecule has 2 saturated heterocycles. The van der Waals surface area contributed by atoms with Crippen LogP contribution in [0.1, 0.15) is 31.4 Å². The number of rotatable bonds is 4. The van der Waals surface area contributed by atoms with Crippen LogP contribution in [0, 0.1) is 5.92 Å². The first-order valence-corrected chi connectivity index (χ1v) is 11.7. The maximum Gasteiger partial charge on any atom is 0.225 e. The number of piperidine rings is 1. The van der Waals surface area contributed by atoms with Crippen LogP contribution in [-0.4, -0.2) is 74.0 Å². The molecule has 1 aromatic carbocycles. The predicted octanol–water partition coefficient (Wildman–Crippen LogP) is 2.22. The van der Waals surface area contributed by atoms with Crippen LogP contribution in [-0.2, 0) is 14.8 Å². The zero-order valence-electron chi connectivity index (χ0n) is 16.0. The smallest absolute Gasteiger partial charge is 0.225 e. The Kier molecular flexibility index (Phi) is 6.46. The first kappa shape index (κ1) is 20.6. The Morgan fingerprint density at radius 1 is 1.07 bits per heavy atom. The van der Waals surface area contributed by atoms with Gasteiger partial charge in [-0.15, -0.1) is 0 Å². The predicted molar refractivity (Wildman–Crippen MR) is 107 cm³/mol. The van der Waals surface area contributed by atoms with E-state index in [1.165, 1.54) is 10.6 Å². The molecule has 150 valence electrons. The molecule has 0 radical (unpaired) electrons. The van der Waals surface area contributed by atoms with E-state index in [9.17, 15) is 13.2 Å². The van der Waals surface area contributed by atoms with Crippen molar-refractivity contribution in [2.45, 2.75) is 25.8 Å². The summed E-state index contributed by atoms with van der Waals surface area (Å²) in [5, 5.41) is 0.779. The van der Waals surface area contributed by atoms with Crippen molar-refractivity contribution in [3.63, 3.8) is 0 Å². The van der Waals surface area contributed by atoms with Crippen LogP contribution in [0.4, 0.5) is 0 Å². The highest BCUT2D eigenvalue weighted by molar-refractivity contribution is 7.88. The molecule has 3 rings (SSSR count). The highest BCUT2D eigenvalue weighted by atomic mass is 35.5. The summed E-state index contributed by atoms with van der Waals surface area (Å²) in [5.41, 5.74) is 1.12. The maximum atomic E-state index is 12.8. The fourth-order valence-electron chi connectivity index (χ4n) is 4.03. The molecule has 1 aromatic rings. The van der Waals surface area contributed by atoms with E-state index in [4.69, 9.17) is 11.6 Å². The van der Waals surface area contributed by atoms with Crippen molar-refractivity contribution in [2.24, 2.45) is 5.92 Å². The van der Waals surface area contributed by atoms with Crippen molar-refractivity contribution >= 4 is 27.5 Å². The quantitative estimate of drug-likeness (QED) is 0.759. The third-order valence-corrected chi connectivity index (χ3v) is 7.45. The van der Waals surface area contributed by atoms with Gasteiger partial charge in [-0.3, -0.25) is 9.69 Å². The van der Waals surface area contributed by atoms with Crippen LogP contribution in [0.5, 0.6) is 0 Å². The summed E-state index contributed by atoms with van der Waals surface area (Å²) in [6.07, 6.45) is 2.46. The van der Waals surface area contributed by atoms with Gasteiger partial charge in [-0.2, -0.15) is 0 Å². The molecule has 8 heteroatoms. The highest BCUT2D eigenvalue weighted by Crippen LogP contribution is 2.28. The average Bonchev–Trinajstić information content (AvgIpc) is 2.67. The number of nitrogens with zero attached hydrogens (tertiary/aromatic N) is 3. The molecule has 0 aliphatic carbocycles. The second kappa shape index (κ2) is 8.47. The maximum absolute atomic E-state index is 12.8. The summed E-state index contributed by atoms with van der Waals surface area (Å²) in [4.78, 5) is 17.1. The van der Waals surface area contributed by atoms with Crippen LogP contribution in [0.2, 0.25) is 5.02 Å². The molecule has 2 fully saturated rings. The number of hydrogen-bond acceptors (Lipinski definition) is 4. The first-order chi connectivity index (χ1) is 12.8. The molecule has 0 saturated carbocycles. The third kappa shape index (κ3) is 4.83. The summed E-state index contributed by atoms with van der Waals surface area (Å²) < 4.78 is 24.7. The largest absolute Gasteiger partial charge is 0.340 e. The minimum Gasteiger partial charge on any atom is -0.340 e. The van der Waals surface area contributed by atoms with E-state index in [2.05, 4.69) is 17.9 Å². The second-order valence-electron chi connectivity index (χ2n) is 7.50. The summed E-state index contributed by atoms with van der Waals surface area (Å²) in [5.74, 6) is 0.115. The fraction of sp³-hybridized carbons (Fsp3) is 0.632. The number of sulfonamides is 1. The van der Waals surface area contributed by atoms with Crippen LogP contribution in [0.3, 0.4) is 0 Å². The summed E-state index contributed by atoms with van der Waals surface area (Å²) in [6, 6.07) is 8.12. The van der Waals surface area contributed by atoms with E-state index in [-0.39, 0.29) is 17.9 Å². The normalized spacial score (nSPS) is 22.0. The number of hydrogen-bond donors (Lipinski definition) is 0. The monoisotopic (exact) mass is 413 g/mol. The lowest BCUT2D eigenvalue weighted by atomic mass is 9.96. The van der Waals surface area contributed by atoms with Crippen molar-refractivity contribution < 1.29 is 13.2 Å². The minimum absolute atomic E-state index is 0.0597. The number of halogens is 1. The average molecular weight is 414 g/mol. The topological polar surface area (TPSA) is 60.9 Å². The van der Waals surface area contributed by atoms with E-state index in [1.54, 1.807) is 0 Å². The van der Waals surface area contributed by atoms with Gasteiger partial charge in [0.05, 0.1) is 6.26 Å². The fourth-order valence-corrected chi connectivity index (χ4v) is 5.20. The minimum atomic E-state index is -3.16. The van der Waals surface area contributed by atoms with Crippen molar-refractivity contribution in [1.82, 2.24) is 14.1 Å². The standard InChI is InChI=1S/C19H28ClN3O3S/c1-15(17-5-3-4-6-18(17)20)21-11-13-22(14-12-21)19(24)16-7-9-23(10-8-16)27(2,25)26/h3-6,15-16H,7-14H2,1-2H3. The molecule has 2 heterocycles. The van der Waals surface area contributed by atoms with Crippen molar-refractivity contribution in [3.05, 3.63) is 34.9 Å². The molecule has 2 aliphatic heterocycles. The summed E-state index contributed by atoms with van der Waals surface area (Å²) >= 11 is 6.32. The number of piperazine rings is 1. The molecule has 0 aromatic heterocycles. The van der Waals surface area contributed by atoms with E-state index in [0.29, 0.717) is 39.0 Å². The lowest BCUT2D eigenvalue weighted by Crippen LogP contribution is -2.52. The molecule has 1 atom stereocenters. The Bertz CT molecular complexity index is 770. The molecule has 1 amide bonds. The first-order valence-electron chi connectivity index (χ1n) is 9.49. The molecule has 0 N–H and O–H groups in total. The summed E-state index contributed by atoms with van der Waals surface area (Å²) in [6.45, 7) is 6.09. The zero-order valence-corrected chi connectivity index (χ0v) is 17.5. The van der Waals surface area contributed by atoms with Gasteiger partial charge >= 0.3 is 0 Å². The Morgan fingerprint density at radius 3 is 2.22 bits per heavy atom. The van der Waals surface area contributed by atoms with Crippen LogP contribution >= 0.6 is 11.6 Å². The Labute approximate surface area is 167 Å². The molecule has 0 bridgehead atoms. The Balaban J connectivity index is 1.52. The molecule has 0 spiro atoms. The number of amides is 1. The number of carbonyl (C=O) groups excluding carboxylic acids is 1. The Hall–Kier alpha value is -1.15. The zero-order chi connectivity index (χ0) is 19.6. The van der Waals surface area contributed by atoms with E-state index < -0.39 is 10.0 Å². The van der Waals surface area contributed by atoms with Gasteiger partial charge in [-0.25, -0.2) is 12.7 Å². The van der Waals surface area contributed by atoms with E-state index in [0.717, 1.165) is 23.7 Å². The highest BCUT2D eigenvalue weighted by Gasteiger charge is 2.33. The van der Waals surface area contributed by atoms with E-state index in [1.807, 2.05) is 23.1 Å². The van der Waals surface area contributed by atoms with Crippen molar-refractivity contribution in [1.29, 1.82) is 0 Å². The van der Waals surface area contributed by atoms with Gasteiger partial charge in [0.25, 0.3) is 0 Å². The molecule has 1 unspecified atom stereocenters. The van der Waals surface area contributed by atoms with Gasteiger partial charge < -0.3 is 4.90 Å². The van der Waals surface area contributed by atoms with Gasteiger partial charge in [-0.1, -0.05) is 29.8 Å². The van der Waals surface area contributed by atoms with Crippen LogP contribution in [0.15, 0.2) is 24.3 Å². The second-order valence-corrected chi connectivity index (χ2v) is 9.88. The third-order valence-electron chi connectivity index (χ3n) is 5.80. The summed E-state index contributed by atoms with van der Waals surface area (Å²) in [7, 11) is -3.16. The van der Waals surface area contributed by atoms with Crippen molar-refractivity contribution in [3.8, 4) is 0 Å². The van der Waals surface area contributed by atoms with Gasteiger partial charge in [0.1, 0.15) is 0 Å². The number of carbonyl (C=O) groups is 1. The van der Waals surface area contributed by atoms with Crippen LogP contribution in [0.25, 0.3) is 0 Å². The Morgan fingerprint density at radius 2 is 1.67 bits per heavy atom. The van der Waals surface area contributed by atoms with Crippen LogP contribution < -0.4 is 0 Å². The SMILES string of the molecule is CC(c1ccccc1Cl)N1CCN(C(=O)C2CCN(S(C)(=O)=O)CC2)CC1. The lowest BCUT2D eigenvalue weighted by Gasteiger charge is -2.40. The molecule has 6 nitrogen and oxygen atoms in total. The molecule has 2 aliphatic rings. The van der Waals surface area contributed by atoms with Gasteiger partial charge in [0.2, 0.25) is 15.9 Å². The van der Waals surface area contributed by atoms with Gasteiger partial charge in [0, 0.05) is 56.3 Å². The van der Waals surface area contributed by atoms with Crippen molar-refractivity contribution in [2.75, 3.05) is 45.5 Å². The molecular formula is C19H28ClN3O3S. The molecular weight excluding hydrogens is 386 g/mol.